The Labute approximate surface area is 409 Å². The number of aliphatic carboxylic acids is 1. The van der Waals surface area contributed by atoms with Gasteiger partial charge in [-0.05, 0) is 183 Å². The maximum Gasteiger partial charge on any atom is 0.347 e. The number of rotatable bonds is 12. The van der Waals surface area contributed by atoms with E-state index in [9.17, 15) is 34.2 Å². The number of carbonyl (C=O) groups excluding carboxylic acids is 4. The van der Waals surface area contributed by atoms with Gasteiger partial charge >= 0.3 is 29.8 Å². The minimum Gasteiger partial charge on any atom is -0.481 e. The molecule has 5 atom stereocenters. The molecule has 388 valence electrons. The third kappa shape index (κ3) is 12.5. The summed E-state index contributed by atoms with van der Waals surface area (Å²) in [5.74, 6) is 1.61. The second-order valence-electron chi connectivity index (χ2n) is 26.2. The number of hydrogen-bond acceptors (Lipinski definition) is 11. The zero-order valence-electron chi connectivity index (χ0n) is 44.6. The summed E-state index contributed by atoms with van der Waals surface area (Å²) in [7, 11) is 0. The number of carboxylic acid groups (broad SMARTS) is 1. The van der Waals surface area contributed by atoms with Crippen molar-refractivity contribution in [3.05, 3.63) is 12.2 Å². The van der Waals surface area contributed by atoms with E-state index in [0.717, 1.165) is 62.7 Å². The van der Waals surface area contributed by atoms with Crippen LogP contribution in [0.25, 0.3) is 0 Å². The van der Waals surface area contributed by atoms with E-state index < -0.39 is 51.1 Å². The van der Waals surface area contributed by atoms with Crippen molar-refractivity contribution in [1.29, 1.82) is 0 Å². The summed E-state index contributed by atoms with van der Waals surface area (Å²) in [4.78, 5) is 59.1. The fourth-order valence-corrected chi connectivity index (χ4v) is 12.8. The van der Waals surface area contributed by atoms with Gasteiger partial charge in [-0.15, -0.1) is 0 Å². The summed E-state index contributed by atoms with van der Waals surface area (Å²) < 4.78 is 22.8. The van der Waals surface area contributed by atoms with Crippen LogP contribution < -0.4 is 0 Å². The minimum absolute atomic E-state index is 0.00857. The summed E-state index contributed by atoms with van der Waals surface area (Å²) in [5.41, 5.74) is -4.35. The normalized spacial score (nSPS) is 35.5. The quantitative estimate of drug-likeness (QED) is 0.0957. The van der Waals surface area contributed by atoms with E-state index in [0.29, 0.717) is 38.5 Å². The Hall–Kier alpha value is -2.99. The molecule has 9 fully saturated rings. The average molecular weight is 957 g/mol. The number of fused-ring (bicyclic) bond motifs is 1. The van der Waals surface area contributed by atoms with Gasteiger partial charge in [0, 0.05) is 43.4 Å². The van der Waals surface area contributed by atoms with Crippen molar-refractivity contribution >= 4 is 29.8 Å². The molecule has 1 aliphatic heterocycles. The molecule has 5 unspecified atom stereocenters. The molecule has 3 N–H and O–H groups in total. The van der Waals surface area contributed by atoms with Gasteiger partial charge in [0.2, 0.25) is 0 Å². The number of hydrogen-bond donors (Lipinski definition) is 3. The summed E-state index contributed by atoms with van der Waals surface area (Å²) >= 11 is 0. The van der Waals surface area contributed by atoms with Crippen LogP contribution in [0.1, 0.15) is 219 Å². The molecule has 10 aliphatic rings. The van der Waals surface area contributed by atoms with Gasteiger partial charge in [-0.3, -0.25) is 19.2 Å². The first-order chi connectivity index (χ1) is 31.2. The first-order valence-corrected chi connectivity index (χ1v) is 26.4. The van der Waals surface area contributed by atoms with Gasteiger partial charge in [-0.1, -0.05) is 39.8 Å². The molecule has 0 spiro atoms. The number of carboxylic acids is 1. The zero-order valence-corrected chi connectivity index (χ0v) is 44.6. The van der Waals surface area contributed by atoms with Crippen LogP contribution in [0.5, 0.6) is 0 Å². The summed E-state index contributed by atoms with van der Waals surface area (Å²) in [6.45, 7) is 27.1. The molecule has 68 heavy (non-hydrogen) atoms. The molecule has 1 saturated heterocycles. The molecule has 8 saturated carbocycles. The van der Waals surface area contributed by atoms with E-state index >= 15 is 0 Å². The highest BCUT2D eigenvalue weighted by atomic mass is 16.6. The van der Waals surface area contributed by atoms with E-state index in [4.69, 9.17) is 24.1 Å². The maximum absolute atomic E-state index is 12.6. The summed E-state index contributed by atoms with van der Waals surface area (Å²) in [6, 6.07) is 0. The smallest absolute Gasteiger partial charge is 0.347 e. The Morgan fingerprint density at radius 1 is 0.603 bits per heavy atom. The van der Waals surface area contributed by atoms with Gasteiger partial charge in [0.1, 0.15) is 17.3 Å². The van der Waals surface area contributed by atoms with Crippen molar-refractivity contribution in [3.63, 3.8) is 0 Å². The lowest BCUT2D eigenvalue weighted by Crippen LogP contribution is -2.67. The van der Waals surface area contributed by atoms with Crippen LogP contribution >= 0.6 is 0 Å². The molecule has 8 bridgehead atoms. The van der Waals surface area contributed by atoms with Gasteiger partial charge in [0.15, 0.2) is 6.10 Å². The second kappa shape index (κ2) is 20.3. The highest BCUT2D eigenvalue weighted by Crippen LogP contribution is 2.65. The van der Waals surface area contributed by atoms with Crippen LogP contribution in [0.15, 0.2) is 12.2 Å². The van der Waals surface area contributed by atoms with Crippen molar-refractivity contribution in [1.82, 2.24) is 0 Å². The highest BCUT2D eigenvalue weighted by Gasteiger charge is 2.65. The minimum atomic E-state index is -0.842. The monoisotopic (exact) mass is 957 g/mol. The molecule has 0 aromatic carbocycles. The van der Waals surface area contributed by atoms with Crippen LogP contribution in [0.3, 0.4) is 0 Å². The van der Waals surface area contributed by atoms with Crippen molar-refractivity contribution in [3.8, 4) is 0 Å². The zero-order chi connectivity index (χ0) is 51.1. The van der Waals surface area contributed by atoms with Crippen molar-refractivity contribution in [2.75, 3.05) is 0 Å². The molecule has 12 nitrogen and oxygen atoms in total. The van der Waals surface area contributed by atoms with Gasteiger partial charge in [-0.2, -0.15) is 0 Å². The standard InChI is InChI=1S/C19H32O2.C16H26O4.C15H22O4.C6H12O2/c1-6-17(2,3)16(20)21-18(4,5)19-10-13-7-14(11-19)9-15(8-13)12-19;1-4-13(2,3)12(17)20-16-7-11-5-14(18,9-16)8-15(19,6-11)10-16;1-4-15(2,3)14(17)19-12-9-10-7-5-6-8-11(10)18-13(12)16;1-4-6(2,3)5(7)8/h13-15H,6-12H2,1-5H3;11,18-19H,4-10H2,1-3H3;5-6,10-12H,4,7-9H2,1-3H3;4H2,1-3H3,(H,7,8). The number of allylic oxidation sites excluding steroid dienone is 1. The molecule has 0 radical (unpaired) electrons. The van der Waals surface area contributed by atoms with Crippen molar-refractivity contribution in [2.45, 2.75) is 254 Å². The van der Waals surface area contributed by atoms with Crippen LogP contribution in [0.2, 0.25) is 0 Å². The second-order valence-corrected chi connectivity index (χ2v) is 26.2. The van der Waals surface area contributed by atoms with E-state index in [1.165, 1.54) is 38.5 Å². The van der Waals surface area contributed by atoms with Crippen LogP contribution in [-0.2, 0) is 42.9 Å². The summed E-state index contributed by atoms with van der Waals surface area (Å²) in [6.07, 6.45) is 20.4. The van der Waals surface area contributed by atoms with Crippen molar-refractivity contribution < 1.29 is 58.2 Å². The molecule has 0 aromatic rings. The Bertz CT molecular complexity index is 1820. The third-order valence-corrected chi connectivity index (χ3v) is 18.5. The fourth-order valence-electron chi connectivity index (χ4n) is 12.8. The molecular weight excluding hydrogens is 865 g/mol. The van der Waals surface area contributed by atoms with Gasteiger partial charge in [-0.25, -0.2) is 4.79 Å². The molecular formula is C56H92O12. The molecule has 1 heterocycles. The van der Waals surface area contributed by atoms with Gasteiger partial charge in [0.25, 0.3) is 0 Å². The number of esters is 4. The molecule has 9 aliphatic carbocycles. The van der Waals surface area contributed by atoms with Crippen LogP contribution in [-0.4, -0.2) is 79.8 Å². The lowest BCUT2D eigenvalue weighted by atomic mass is 9.46. The first kappa shape index (κ1) is 55.9. The summed E-state index contributed by atoms with van der Waals surface area (Å²) in [5, 5.41) is 29.8. The van der Waals surface area contributed by atoms with E-state index in [1.807, 2.05) is 68.4 Å². The Morgan fingerprint density at radius 3 is 1.50 bits per heavy atom. The predicted molar refractivity (Wildman–Crippen MR) is 261 cm³/mol. The Kier molecular flexibility index (Phi) is 16.7. The van der Waals surface area contributed by atoms with E-state index in [-0.39, 0.29) is 52.3 Å². The molecule has 10 rings (SSSR count). The first-order valence-electron chi connectivity index (χ1n) is 26.4. The number of aliphatic hydroxyl groups is 2. The average Bonchev–Trinajstić information content (AvgIpc) is 3.22. The number of ether oxygens (including phenoxy) is 4. The Balaban J connectivity index is 0.000000177. The molecule has 12 heteroatoms. The number of carbonyl (C=O) groups is 5. The van der Waals surface area contributed by atoms with E-state index in [1.54, 1.807) is 13.8 Å². The van der Waals surface area contributed by atoms with Crippen LogP contribution in [0, 0.1) is 56.7 Å². The predicted octanol–water partition coefficient (Wildman–Crippen LogP) is 11.2. The fraction of sp³-hybridized carbons (Fsp3) is 0.875. The van der Waals surface area contributed by atoms with Crippen LogP contribution in [0.4, 0.5) is 0 Å². The van der Waals surface area contributed by atoms with Crippen molar-refractivity contribution in [2.24, 2.45) is 56.7 Å². The lowest BCUT2D eigenvalue weighted by Gasteiger charge is -2.62. The largest absolute Gasteiger partial charge is 0.481 e. The maximum atomic E-state index is 12.6. The highest BCUT2D eigenvalue weighted by molar-refractivity contribution is 5.82. The SMILES string of the molecule is CCC(C)(C)C(=O)O.CCC(C)(C)C(=O)OC(C)(C)C12CC3CC(CC(C3)C1)C2.CCC(C)(C)C(=O)OC12CC3CC(O)(CC(O)(C3)C1)C2.CCC(C)(C)C(=O)OC1CC2CC=CCC2OC1=O. The topological polar surface area (TPSA) is 183 Å². The third-order valence-electron chi connectivity index (χ3n) is 18.5. The van der Waals surface area contributed by atoms with Gasteiger partial charge in [0.05, 0.1) is 32.9 Å². The molecule has 0 aromatic heterocycles. The Morgan fingerprint density at radius 2 is 1.06 bits per heavy atom. The van der Waals surface area contributed by atoms with E-state index in [2.05, 4.69) is 26.8 Å². The molecule has 0 amide bonds. The lowest BCUT2D eigenvalue weighted by molar-refractivity contribution is -0.264. The van der Waals surface area contributed by atoms with Gasteiger partial charge < -0.3 is 34.3 Å².